The Kier molecular flexibility index (Phi) is 6.43. The lowest BCUT2D eigenvalue weighted by Crippen LogP contribution is -2.23. The van der Waals surface area contributed by atoms with Gasteiger partial charge in [-0.2, -0.15) is 0 Å². The van der Waals surface area contributed by atoms with E-state index in [1.165, 1.54) is 21.9 Å². The van der Waals surface area contributed by atoms with Gasteiger partial charge in [0.2, 0.25) is 0 Å². The van der Waals surface area contributed by atoms with Crippen molar-refractivity contribution >= 4 is 60.7 Å². The number of nitrogens with zero attached hydrogens (tertiary/aromatic N) is 4. The molecule has 7 nitrogen and oxygen atoms in total. The van der Waals surface area contributed by atoms with Crippen LogP contribution in [0.15, 0.2) is 182 Å². The molecule has 3 aliphatic rings. The molecular formula is C54H30N4O3. The number of ether oxygens (including phenoxy) is 3. The number of fused-ring (bicyclic) bond motifs is 5. The van der Waals surface area contributed by atoms with Crippen molar-refractivity contribution in [2.75, 3.05) is 4.90 Å². The van der Waals surface area contributed by atoms with Gasteiger partial charge in [-0.1, -0.05) is 103 Å². The predicted molar refractivity (Wildman–Crippen MR) is 243 cm³/mol. The zero-order valence-electron chi connectivity index (χ0n) is 32.3. The summed E-state index contributed by atoms with van der Waals surface area (Å²) in [5.41, 5.74) is 12.1. The Morgan fingerprint density at radius 2 is 0.951 bits per heavy atom. The SMILES string of the molecule is c1ccc(-c2ccc(-c3cc(-n4c5ccccc5c5cc(-c6cc7c8c(c6)Oc6cccc9c6N8c6c(cccc6O7)O9)ccc54)nc4ncccc34)c3ccccc23)cc1. The number of hydrogen-bond acceptors (Lipinski definition) is 6. The molecule has 0 atom stereocenters. The Morgan fingerprint density at radius 3 is 1.69 bits per heavy atom. The third kappa shape index (κ3) is 4.57. The molecule has 3 aliphatic heterocycles. The lowest BCUT2D eigenvalue weighted by Gasteiger charge is -2.41. The molecule has 14 rings (SSSR count). The minimum absolute atomic E-state index is 0.694. The van der Waals surface area contributed by atoms with Gasteiger partial charge in [-0.3, -0.25) is 9.47 Å². The number of pyridine rings is 2. The number of benzene rings is 8. The molecule has 61 heavy (non-hydrogen) atoms. The fraction of sp³-hybridized carbons (Fsp3) is 0. The summed E-state index contributed by atoms with van der Waals surface area (Å²) >= 11 is 0. The van der Waals surface area contributed by atoms with Crippen LogP contribution in [0.2, 0.25) is 0 Å². The highest BCUT2D eigenvalue weighted by Crippen LogP contribution is 2.67. The molecule has 0 fully saturated rings. The number of para-hydroxylation sites is 3. The number of rotatable bonds is 4. The Balaban J connectivity index is 0.948. The lowest BCUT2D eigenvalue weighted by atomic mass is 9.91. The Morgan fingerprint density at radius 1 is 0.361 bits per heavy atom. The van der Waals surface area contributed by atoms with E-state index in [4.69, 9.17) is 24.2 Å². The van der Waals surface area contributed by atoms with Gasteiger partial charge in [0.25, 0.3) is 0 Å². The minimum Gasteiger partial charge on any atom is -0.453 e. The Hall–Kier alpha value is -8.42. The number of anilines is 3. The molecule has 11 aromatic rings. The van der Waals surface area contributed by atoms with Gasteiger partial charge in [0.15, 0.2) is 40.1 Å². The van der Waals surface area contributed by atoms with Crippen molar-refractivity contribution in [2.45, 2.75) is 0 Å². The van der Waals surface area contributed by atoms with Crippen LogP contribution in [-0.2, 0) is 0 Å². The lowest BCUT2D eigenvalue weighted by molar-refractivity contribution is 0.418. The van der Waals surface area contributed by atoms with Crippen LogP contribution < -0.4 is 19.1 Å². The third-order valence-corrected chi connectivity index (χ3v) is 12.4. The fourth-order valence-corrected chi connectivity index (χ4v) is 9.77. The van der Waals surface area contributed by atoms with Crippen molar-refractivity contribution in [3.8, 4) is 73.7 Å². The standard InChI is InChI=1S/C54H30N4O3/c1-2-11-31(12-3-1)34-23-24-37(36-14-5-4-13-35(34)36)40-30-50(56-54-39(40)16-10-26-55-54)57-42-17-7-6-15-38(42)41-27-32(22-25-43(41)57)33-28-48-53-49(29-33)61-47-21-9-19-45-52(47)58(53)51-44(59-45)18-8-20-46(51)60-48/h1-30H. The molecule has 0 saturated carbocycles. The minimum atomic E-state index is 0.694. The van der Waals surface area contributed by atoms with Gasteiger partial charge in [0, 0.05) is 22.4 Å². The molecule has 8 aromatic carbocycles. The second-order valence-corrected chi connectivity index (χ2v) is 15.7. The van der Waals surface area contributed by atoms with E-state index >= 15 is 0 Å². The van der Waals surface area contributed by atoms with Crippen LogP contribution in [-0.4, -0.2) is 14.5 Å². The van der Waals surface area contributed by atoms with Gasteiger partial charge in [0.05, 0.1) is 11.0 Å². The first-order valence-electron chi connectivity index (χ1n) is 20.4. The molecule has 0 aliphatic carbocycles. The topological polar surface area (TPSA) is 61.6 Å². The summed E-state index contributed by atoms with van der Waals surface area (Å²) in [5, 5.41) is 5.62. The molecule has 0 N–H and O–H groups in total. The maximum absolute atomic E-state index is 6.65. The largest absolute Gasteiger partial charge is 0.453 e. The quantitative estimate of drug-likeness (QED) is 0.177. The maximum Gasteiger partial charge on any atom is 0.162 e. The molecule has 0 unspecified atom stereocenters. The summed E-state index contributed by atoms with van der Waals surface area (Å²) < 4.78 is 21.9. The molecule has 284 valence electrons. The van der Waals surface area contributed by atoms with Crippen LogP contribution in [0.4, 0.5) is 17.1 Å². The average molecular weight is 783 g/mol. The molecule has 0 bridgehead atoms. The Bertz CT molecular complexity index is 3630. The van der Waals surface area contributed by atoms with Crippen LogP contribution in [0.1, 0.15) is 0 Å². The first-order valence-corrected chi connectivity index (χ1v) is 20.4. The van der Waals surface area contributed by atoms with E-state index in [2.05, 4.69) is 143 Å². The van der Waals surface area contributed by atoms with E-state index in [1.807, 2.05) is 48.7 Å². The van der Waals surface area contributed by atoms with Crippen LogP contribution in [0.5, 0.6) is 34.5 Å². The van der Waals surface area contributed by atoms with Gasteiger partial charge in [0.1, 0.15) is 22.9 Å². The second-order valence-electron chi connectivity index (χ2n) is 15.7. The first-order chi connectivity index (χ1) is 30.2. The third-order valence-electron chi connectivity index (χ3n) is 12.4. The van der Waals surface area contributed by atoms with Crippen molar-refractivity contribution in [2.24, 2.45) is 0 Å². The average Bonchev–Trinajstić information content (AvgIpc) is 3.65. The van der Waals surface area contributed by atoms with Crippen LogP contribution in [0.25, 0.3) is 82.8 Å². The monoisotopic (exact) mass is 782 g/mol. The van der Waals surface area contributed by atoms with Crippen LogP contribution in [0, 0.1) is 0 Å². The number of aromatic nitrogens is 3. The van der Waals surface area contributed by atoms with Gasteiger partial charge < -0.3 is 14.2 Å². The van der Waals surface area contributed by atoms with E-state index in [1.54, 1.807) is 0 Å². The molecule has 7 heteroatoms. The normalized spacial score (nSPS) is 13.0. The predicted octanol–water partition coefficient (Wildman–Crippen LogP) is 14.7. The van der Waals surface area contributed by atoms with Gasteiger partial charge in [-0.25, -0.2) is 9.97 Å². The first kappa shape index (κ1) is 32.5. The highest BCUT2D eigenvalue weighted by atomic mass is 16.5. The molecule has 0 spiro atoms. The molecule has 0 amide bonds. The summed E-state index contributed by atoms with van der Waals surface area (Å²) in [6.07, 6.45) is 1.82. The van der Waals surface area contributed by atoms with Crippen molar-refractivity contribution in [3.05, 3.63) is 182 Å². The van der Waals surface area contributed by atoms with Crippen molar-refractivity contribution in [1.82, 2.24) is 14.5 Å². The second kappa shape index (κ2) is 12.1. The summed E-state index contributed by atoms with van der Waals surface area (Å²) in [6, 6.07) is 61.5. The zero-order chi connectivity index (χ0) is 39.8. The summed E-state index contributed by atoms with van der Waals surface area (Å²) in [6.45, 7) is 0. The van der Waals surface area contributed by atoms with Crippen LogP contribution in [0.3, 0.4) is 0 Å². The zero-order valence-corrected chi connectivity index (χ0v) is 32.3. The molecule has 0 radical (unpaired) electrons. The van der Waals surface area contributed by atoms with E-state index in [-0.39, 0.29) is 0 Å². The van der Waals surface area contributed by atoms with Gasteiger partial charge in [-0.15, -0.1) is 0 Å². The number of hydrogen-bond donors (Lipinski definition) is 0. The fourth-order valence-electron chi connectivity index (χ4n) is 9.77. The molecule has 6 heterocycles. The Labute approximate surface area is 348 Å². The summed E-state index contributed by atoms with van der Waals surface area (Å²) in [7, 11) is 0. The van der Waals surface area contributed by atoms with Crippen molar-refractivity contribution in [3.63, 3.8) is 0 Å². The maximum atomic E-state index is 6.65. The molecular weight excluding hydrogens is 753 g/mol. The van der Waals surface area contributed by atoms with Gasteiger partial charge in [-0.05, 0) is 117 Å². The van der Waals surface area contributed by atoms with E-state index in [0.717, 1.165) is 107 Å². The smallest absolute Gasteiger partial charge is 0.162 e. The van der Waals surface area contributed by atoms with E-state index < -0.39 is 0 Å². The highest BCUT2D eigenvalue weighted by Gasteiger charge is 2.41. The highest BCUT2D eigenvalue weighted by molar-refractivity contribution is 6.12. The summed E-state index contributed by atoms with van der Waals surface area (Å²) in [5.74, 6) is 5.25. The molecule has 3 aromatic heterocycles. The van der Waals surface area contributed by atoms with Crippen LogP contribution >= 0.6 is 0 Å². The van der Waals surface area contributed by atoms with E-state index in [9.17, 15) is 0 Å². The summed E-state index contributed by atoms with van der Waals surface area (Å²) in [4.78, 5) is 12.3. The van der Waals surface area contributed by atoms with Crippen molar-refractivity contribution < 1.29 is 14.2 Å². The van der Waals surface area contributed by atoms with Gasteiger partial charge >= 0.3 is 0 Å². The molecule has 0 saturated heterocycles. The van der Waals surface area contributed by atoms with E-state index in [0.29, 0.717) is 5.65 Å². The van der Waals surface area contributed by atoms with Crippen molar-refractivity contribution in [1.29, 1.82) is 0 Å².